The fourth-order valence-electron chi connectivity index (χ4n) is 1.82. The van der Waals surface area contributed by atoms with Crippen molar-refractivity contribution in [3.8, 4) is 5.75 Å². The molecular weight excluding hydrogens is 308 g/mol. The third-order valence-electron chi connectivity index (χ3n) is 2.81. The van der Waals surface area contributed by atoms with Gasteiger partial charge in [-0.3, -0.25) is 4.79 Å². The molecule has 5 nitrogen and oxygen atoms in total. The zero-order valence-corrected chi connectivity index (χ0v) is 12.1. The first kappa shape index (κ1) is 16.4. The van der Waals surface area contributed by atoms with E-state index in [9.17, 15) is 18.4 Å². The highest BCUT2D eigenvalue weighted by Gasteiger charge is 2.13. The predicted octanol–water partition coefficient (Wildman–Crippen LogP) is 2.77. The van der Waals surface area contributed by atoms with Crippen LogP contribution in [0.1, 0.15) is 10.4 Å². The monoisotopic (exact) mass is 321 g/mol. The number of methoxy groups -OCH3 is 1. The van der Waals surface area contributed by atoms with Crippen LogP contribution in [0.3, 0.4) is 0 Å². The molecule has 0 aliphatic rings. The molecule has 0 bridgehead atoms. The lowest BCUT2D eigenvalue weighted by atomic mass is 10.2. The Labute approximate surface area is 130 Å². The highest BCUT2D eigenvalue weighted by molar-refractivity contribution is 5.96. The van der Waals surface area contributed by atoms with Crippen LogP contribution in [0.4, 0.5) is 14.5 Å². The van der Waals surface area contributed by atoms with Crippen LogP contribution in [0.15, 0.2) is 42.5 Å². The smallest absolute Gasteiger partial charge is 0.338 e. The van der Waals surface area contributed by atoms with Gasteiger partial charge in [0.2, 0.25) is 0 Å². The van der Waals surface area contributed by atoms with Gasteiger partial charge in [0, 0.05) is 6.07 Å². The lowest BCUT2D eigenvalue weighted by Gasteiger charge is -2.10. The minimum Gasteiger partial charge on any atom is -0.495 e. The van der Waals surface area contributed by atoms with Crippen molar-refractivity contribution in [3.63, 3.8) is 0 Å². The number of halogens is 2. The molecule has 0 radical (unpaired) electrons. The molecule has 120 valence electrons. The second-order valence-corrected chi connectivity index (χ2v) is 4.48. The molecule has 0 saturated carbocycles. The second-order valence-electron chi connectivity index (χ2n) is 4.48. The maximum Gasteiger partial charge on any atom is 0.338 e. The van der Waals surface area contributed by atoms with Crippen LogP contribution in [0.25, 0.3) is 0 Å². The van der Waals surface area contributed by atoms with Crippen LogP contribution < -0.4 is 10.1 Å². The highest BCUT2D eigenvalue weighted by Crippen LogP contribution is 2.22. The average molecular weight is 321 g/mol. The molecule has 0 spiro atoms. The molecule has 0 unspecified atom stereocenters. The molecule has 0 aliphatic carbocycles. The number of carbonyl (C=O) groups is 2. The van der Waals surface area contributed by atoms with Crippen LogP contribution in [0.5, 0.6) is 5.75 Å². The Hall–Kier alpha value is -2.96. The number of esters is 1. The van der Waals surface area contributed by atoms with Gasteiger partial charge < -0.3 is 14.8 Å². The first-order chi connectivity index (χ1) is 11.0. The van der Waals surface area contributed by atoms with E-state index in [0.29, 0.717) is 17.5 Å². The fraction of sp³-hybridized carbons (Fsp3) is 0.125. The van der Waals surface area contributed by atoms with Crippen molar-refractivity contribution in [2.45, 2.75) is 0 Å². The largest absolute Gasteiger partial charge is 0.495 e. The molecule has 0 saturated heterocycles. The number of anilines is 1. The van der Waals surface area contributed by atoms with Gasteiger partial charge in [0.05, 0.1) is 18.4 Å². The SMILES string of the molecule is COc1ccccc1NC(=O)COC(=O)c1cc(F)cc(F)c1. The fourth-order valence-corrected chi connectivity index (χ4v) is 1.82. The summed E-state index contributed by atoms with van der Waals surface area (Å²) in [4.78, 5) is 23.4. The Balaban J connectivity index is 1.95. The average Bonchev–Trinajstić information content (AvgIpc) is 2.52. The molecule has 0 atom stereocenters. The van der Waals surface area contributed by atoms with E-state index in [0.717, 1.165) is 12.1 Å². The number of nitrogens with one attached hydrogen (secondary N) is 1. The van der Waals surface area contributed by atoms with Gasteiger partial charge in [-0.25, -0.2) is 13.6 Å². The van der Waals surface area contributed by atoms with Gasteiger partial charge in [-0.15, -0.1) is 0 Å². The van der Waals surface area contributed by atoms with Crippen LogP contribution in [0, 0.1) is 11.6 Å². The minimum atomic E-state index is -1.00. The molecule has 0 aromatic heterocycles. The van der Waals surface area contributed by atoms with Crippen LogP contribution in [-0.4, -0.2) is 25.6 Å². The Morgan fingerprint density at radius 2 is 1.74 bits per heavy atom. The number of benzene rings is 2. The van der Waals surface area contributed by atoms with Gasteiger partial charge in [-0.05, 0) is 24.3 Å². The van der Waals surface area contributed by atoms with E-state index in [-0.39, 0.29) is 5.56 Å². The molecule has 2 aromatic rings. The van der Waals surface area contributed by atoms with Crippen molar-refractivity contribution in [2.75, 3.05) is 19.0 Å². The van der Waals surface area contributed by atoms with Gasteiger partial charge in [-0.1, -0.05) is 12.1 Å². The van der Waals surface area contributed by atoms with Gasteiger partial charge in [-0.2, -0.15) is 0 Å². The molecule has 2 aromatic carbocycles. The standard InChI is InChI=1S/C16H13F2NO4/c1-22-14-5-3-2-4-13(14)19-15(20)9-23-16(21)10-6-11(17)8-12(18)7-10/h2-8H,9H2,1H3,(H,19,20). The summed E-state index contributed by atoms with van der Waals surface area (Å²) in [5, 5.41) is 2.50. The number of amides is 1. The molecule has 0 fully saturated rings. The molecular formula is C16H13F2NO4. The summed E-state index contributed by atoms with van der Waals surface area (Å²) in [5.41, 5.74) is 0.0976. The van der Waals surface area contributed by atoms with E-state index in [1.54, 1.807) is 24.3 Å². The number of ether oxygens (including phenoxy) is 2. The van der Waals surface area contributed by atoms with E-state index in [4.69, 9.17) is 9.47 Å². The molecule has 1 N–H and O–H groups in total. The molecule has 0 heterocycles. The maximum absolute atomic E-state index is 13.0. The summed E-state index contributed by atoms with van der Waals surface area (Å²) in [5.74, 6) is -2.98. The van der Waals surface area contributed by atoms with E-state index < -0.39 is 30.1 Å². The van der Waals surface area contributed by atoms with Crippen LogP contribution in [0.2, 0.25) is 0 Å². The van der Waals surface area contributed by atoms with Crippen molar-refractivity contribution >= 4 is 17.6 Å². The number of hydrogen-bond donors (Lipinski definition) is 1. The second kappa shape index (κ2) is 7.35. The Kier molecular flexibility index (Phi) is 5.24. The van der Waals surface area contributed by atoms with Crippen LogP contribution >= 0.6 is 0 Å². The first-order valence-corrected chi connectivity index (χ1v) is 6.55. The minimum absolute atomic E-state index is 0.312. The van der Waals surface area contributed by atoms with Crippen molar-refractivity contribution in [2.24, 2.45) is 0 Å². The van der Waals surface area contributed by atoms with Crippen molar-refractivity contribution < 1.29 is 27.8 Å². The highest BCUT2D eigenvalue weighted by atomic mass is 19.1. The quantitative estimate of drug-likeness (QED) is 0.860. The lowest BCUT2D eigenvalue weighted by Crippen LogP contribution is -2.21. The number of carbonyl (C=O) groups excluding carboxylic acids is 2. The van der Waals surface area contributed by atoms with Gasteiger partial charge in [0.25, 0.3) is 5.91 Å². The molecule has 0 aliphatic heterocycles. The van der Waals surface area contributed by atoms with E-state index in [2.05, 4.69) is 5.32 Å². The van der Waals surface area contributed by atoms with E-state index >= 15 is 0 Å². The number of para-hydroxylation sites is 2. The van der Waals surface area contributed by atoms with E-state index in [1.807, 2.05) is 0 Å². The summed E-state index contributed by atoms with van der Waals surface area (Å²) >= 11 is 0. The topological polar surface area (TPSA) is 64.6 Å². The summed E-state index contributed by atoms with van der Waals surface area (Å²) in [6.45, 7) is -0.602. The third kappa shape index (κ3) is 4.50. The summed E-state index contributed by atoms with van der Waals surface area (Å²) < 4.78 is 35.8. The van der Waals surface area contributed by atoms with E-state index in [1.165, 1.54) is 7.11 Å². The lowest BCUT2D eigenvalue weighted by molar-refractivity contribution is -0.119. The molecule has 23 heavy (non-hydrogen) atoms. The van der Waals surface area contributed by atoms with Gasteiger partial charge in [0.15, 0.2) is 6.61 Å². The predicted molar refractivity (Wildman–Crippen MR) is 78.3 cm³/mol. The maximum atomic E-state index is 13.0. The van der Waals surface area contributed by atoms with Gasteiger partial charge >= 0.3 is 5.97 Å². The normalized spacial score (nSPS) is 10.0. The van der Waals surface area contributed by atoms with Crippen molar-refractivity contribution in [3.05, 3.63) is 59.7 Å². The number of rotatable bonds is 5. The number of hydrogen-bond acceptors (Lipinski definition) is 4. The van der Waals surface area contributed by atoms with Crippen LogP contribution in [-0.2, 0) is 9.53 Å². The van der Waals surface area contributed by atoms with Gasteiger partial charge in [0.1, 0.15) is 17.4 Å². The molecule has 1 amide bonds. The van der Waals surface area contributed by atoms with Crippen molar-refractivity contribution in [1.29, 1.82) is 0 Å². The Bertz CT molecular complexity index is 714. The Morgan fingerprint density at radius 1 is 1.09 bits per heavy atom. The summed E-state index contributed by atoms with van der Waals surface area (Å²) in [7, 11) is 1.45. The zero-order chi connectivity index (χ0) is 16.8. The van der Waals surface area contributed by atoms with Crippen molar-refractivity contribution in [1.82, 2.24) is 0 Å². The molecule has 7 heteroatoms. The summed E-state index contributed by atoms with van der Waals surface area (Å²) in [6, 6.07) is 8.96. The zero-order valence-electron chi connectivity index (χ0n) is 12.1. The molecule has 2 rings (SSSR count). The first-order valence-electron chi connectivity index (χ1n) is 6.55. The third-order valence-corrected chi connectivity index (χ3v) is 2.81. The summed E-state index contributed by atoms with van der Waals surface area (Å²) in [6.07, 6.45) is 0. The Morgan fingerprint density at radius 3 is 2.39 bits per heavy atom.